The monoisotopic (exact) mass is 269 g/mol. The van der Waals surface area contributed by atoms with Crippen LogP contribution in [-0.2, 0) is 14.3 Å². The van der Waals surface area contributed by atoms with Gasteiger partial charge in [0.25, 0.3) is 0 Å². The Morgan fingerprint density at radius 2 is 1.53 bits per heavy atom. The van der Waals surface area contributed by atoms with Crippen molar-refractivity contribution in [3.63, 3.8) is 0 Å². The number of carbonyl (C=O) groups excluding carboxylic acids is 2. The van der Waals surface area contributed by atoms with E-state index in [4.69, 9.17) is 4.74 Å². The molecule has 110 valence electrons. The van der Waals surface area contributed by atoms with Gasteiger partial charge in [0.2, 0.25) is 5.91 Å². The van der Waals surface area contributed by atoms with Crippen LogP contribution in [0.1, 0.15) is 55.4 Å². The molecule has 1 aliphatic carbocycles. The fourth-order valence-electron chi connectivity index (χ4n) is 2.60. The third-order valence-corrected chi connectivity index (χ3v) is 4.40. The van der Waals surface area contributed by atoms with Crippen molar-refractivity contribution in [1.29, 1.82) is 0 Å². The summed E-state index contributed by atoms with van der Waals surface area (Å²) in [6.07, 6.45) is 0. The number of nitrogens with one attached hydrogen (secondary N) is 1. The van der Waals surface area contributed by atoms with Gasteiger partial charge < -0.3 is 10.1 Å². The maximum atomic E-state index is 12.2. The van der Waals surface area contributed by atoms with E-state index < -0.39 is 17.6 Å². The molecule has 0 aromatic rings. The van der Waals surface area contributed by atoms with Crippen LogP contribution in [0.3, 0.4) is 0 Å². The Bertz CT molecular complexity index is 377. The zero-order chi connectivity index (χ0) is 15.2. The molecule has 1 aliphatic rings. The van der Waals surface area contributed by atoms with Crippen LogP contribution in [-0.4, -0.2) is 23.5 Å². The highest BCUT2D eigenvalue weighted by Gasteiger charge is 2.68. The number of esters is 1. The Morgan fingerprint density at radius 1 is 1.11 bits per heavy atom. The third kappa shape index (κ3) is 3.10. The molecule has 1 atom stereocenters. The molecule has 0 heterocycles. The number of rotatable bonds is 3. The first-order chi connectivity index (χ1) is 8.30. The van der Waals surface area contributed by atoms with Gasteiger partial charge in [-0.1, -0.05) is 27.7 Å². The molecule has 0 saturated heterocycles. The van der Waals surface area contributed by atoms with Crippen LogP contribution < -0.4 is 5.32 Å². The van der Waals surface area contributed by atoms with E-state index in [-0.39, 0.29) is 22.7 Å². The largest absolute Gasteiger partial charge is 0.458 e. The van der Waals surface area contributed by atoms with Crippen LogP contribution >= 0.6 is 0 Å². The Labute approximate surface area is 116 Å². The molecule has 1 amide bonds. The predicted molar refractivity (Wildman–Crippen MR) is 74.5 cm³/mol. The van der Waals surface area contributed by atoms with E-state index in [0.29, 0.717) is 0 Å². The van der Waals surface area contributed by atoms with Crippen molar-refractivity contribution < 1.29 is 14.3 Å². The highest BCUT2D eigenvalue weighted by atomic mass is 16.6. The first kappa shape index (κ1) is 16.0. The van der Waals surface area contributed by atoms with Crippen LogP contribution in [0.2, 0.25) is 0 Å². The Kier molecular flexibility index (Phi) is 3.79. The fraction of sp³-hybridized carbons (Fsp3) is 0.867. The molecular weight excluding hydrogens is 242 g/mol. The SMILES string of the molecule is C[C@@H](NC(=O)C1C(C)(C)C1(C)C)C(=O)OC(C)(C)C. The van der Waals surface area contributed by atoms with E-state index >= 15 is 0 Å². The molecule has 4 heteroatoms. The standard InChI is InChI=1S/C15H27NO3/c1-9(12(18)19-13(2,3)4)16-11(17)10-14(5,6)15(10,7)8/h9-10H,1-8H3,(H,16,17)/t9-/m1/s1. The molecule has 19 heavy (non-hydrogen) atoms. The van der Waals surface area contributed by atoms with Crippen LogP contribution in [0.4, 0.5) is 0 Å². The van der Waals surface area contributed by atoms with Crippen LogP contribution in [0.5, 0.6) is 0 Å². The number of hydrogen-bond donors (Lipinski definition) is 1. The normalized spacial score (nSPS) is 22.5. The van der Waals surface area contributed by atoms with Crippen molar-refractivity contribution in [2.24, 2.45) is 16.7 Å². The van der Waals surface area contributed by atoms with Crippen molar-refractivity contribution in [3.05, 3.63) is 0 Å². The molecule has 0 radical (unpaired) electrons. The molecular formula is C15H27NO3. The van der Waals surface area contributed by atoms with Gasteiger partial charge in [0.15, 0.2) is 0 Å². The highest BCUT2D eigenvalue weighted by Crippen LogP contribution is 2.68. The van der Waals surface area contributed by atoms with Crippen LogP contribution in [0.25, 0.3) is 0 Å². The molecule has 1 N–H and O–H groups in total. The van der Waals surface area contributed by atoms with Gasteiger partial charge in [-0.2, -0.15) is 0 Å². The van der Waals surface area contributed by atoms with Gasteiger partial charge in [-0.3, -0.25) is 4.79 Å². The van der Waals surface area contributed by atoms with Gasteiger partial charge in [-0.15, -0.1) is 0 Å². The first-order valence-electron chi connectivity index (χ1n) is 6.84. The van der Waals surface area contributed by atoms with Gasteiger partial charge in [0.05, 0.1) is 0 Å². The van der Waals surface area contributed by atoms with Crippen molar-refractivity contribution in [1.82, 2.24) is 5.32 Å². The summed E-state index contributed by atoms with van der Waals surface area (Å²) in [5.41, 5.74) is -0.580. The summed E-state index contributed by atoms with van der Waals surface area (Å²) in [6, 6.07) is -0.612. The van der Waals surface area contributed by atoms with Gasteiger partial charge in [0.1, 0.15) is 11.6 Å². The second-order valence-corrected chi connectivity index (χ2v) is 7.64. The first-order valence-corrected chi connectivity index (χ1v) is 6.84. The number of carbonyl (C=O) groups is 2. The van der Waals surface area contributed by atoms with Gasteiger partial charge in [-0.25, -0.2) is 4.79 Å². The minimum absolute atomic E-state index is 0.0231. The molecule has 0 bridgehead atoms. The third-order valence-electron chi connectivity index (χ3n) is 4.40. The topological polar surface area (TPSA) is 55.4 Å². The average Bonchev–Trinajstić information content (AvgIpc) is 2.53. The summed E-state index contributed by atoms with van der Waals surface area (Å²) in [5.74, 6) is -0.504. The Hall–Kier alpha value is -1.06. The van der Waals surface area contributed by atoms with E-state index in [1.807, 2.05) is 20.8 Å². The average molecular weight is 269 g/mol. The second-order valence-electron chi connectivity index (χ2n) is 7.64. The van der Waals surface area contributed by atoms with Crippen LogP contribution in [0, 0.1) is 16.7 Å². The van der Waals surface area contributed by atoms with Crippen molar-refractivity contribution in [2.45, 2.75) is 67.0 Å². The molecule has 0 aromatic carbocycles. The van der Waals surface area contributed by atoms with Gasteiger partial charge >= 0.3 is 5.97 Å². The Balaban J connectivity index is 2.58. The lowest BCUT2D eigenvalue weighted by atomic mass is 10.0. The number of hydrogen-bond acceptors (Lipinski definition) is 3. The van der Waals surface area contributed by atoms with E-state index in [9.17, 15) is 9.59 Å². The maximum absolute atomic E-state index is 12.2. The summed E-state index contributed by atoms with van der Waals surface area (Å²) in [4.78, 5) is 24.0. The van der Waals surface area contributed by atoms with Crippen molar-refractivity contribution in [2.75, 3.05) is 0 Å². The van der Waals surface area contributed by atoms with E-state index in [0.717, 1.165) is 0 Å². The fourth-order valence-corrected chi connectivity index (χ4v) is 2.60. The quantitative estimate of drug-likeness (QED) is 0.801. The summed E-state index contributed by atoms with van der Waals surface area (Å²) >= 11 is 0. The lowest BCUT2D eigenvalue weighted by molar-refractivity contribution is -0.158. The van der Waals surface area contributed by atoms with Crippen molar-refractivity contribution in [3.8, 4) is 0 Å². The van der Waals surface area contributed by atoms with Gasteiger partial charge in [0, 0.05) is 5.92 Å². The molecule has 1 fully saturated rings. The summed E-state index contributed by atoms with van der Waals surface area (Å²) < 4.78 is 5.25. The Morgan fingerprint density at radius 3 is 1.84 bits per heavy atom. The van der Waals surface area contributed by atoms with E-state index in [2.05, 4.69) is 33.0 Å². The summed E-state index contributed by atoms with van der Waals surface area (Å²) in [6.45, 7) is 15.4. The molecule has 0 aromatic heterocycles. The molecule has 0 aliphatic heterocycles. The van der Waals surface area contributed by atoms with E-state index in [1.54, 1.807) is 6.92 Å². The number of ether oxygens (including phenoxy) is 1. The smallest absolute Gasteiger partial charge is 0.328 e. The summed E-state index contributed by atoms with van der Waals surface area (Å²) in [5, 5.41) is 2.76. The zero-order valence-corrected chi connectivity index (χ0v) is 13.4. The maximum Gasteiger partial charge on any atom is 0.328 e. The highest BCUT2D eigenvalue weighted by molar-refractivity contribution is 5.88. The van der Waals surface area contributed by atoms with Crippen LogP contribution in [0.15, 0.2) is 0 Å². The number of amides is 1. The molecule has 0 unspecified atom stereocenters. The summed E-state index contributed by atoms with van der Waals surface area (Å²) in [7, 11) is 0. The van der Waals surface area contributed by atoms with E-state index in [1.165, 1.54) is 0 Å². The molecule has 4 nitrogen and oxygen atoms in total. The lowest BCUT2D eigenvalue weighted by Gasteiger charge is -2.22. The molecule has 0 spiro atoms. The lowest BCUT2D eigenvalue weighted by Crippen LogP contribution is -2.43. The second kappa shape index (κ2) is 4.50. The minimum Gasteiger partial charge on any atom is -0.458 e. The predicted octanol–water partition coefficient (Wildman–Crippen LogP) is 2.52. The molecule has 1 saturated carbocycles. The van der Waals surface area contributed by atoms with Crippen molar-refractivity contribution >= 4 is 11.9 Å². The molecule has 1 rings (SSSR count). The zero-order valence-electron chi connectivity index (χ0n) is 13.4. The van der Waals surface area contributed by atoms with Gasteiger partial charge in [-0.05, 0) is 38.5 Å². The minimum atomic E-state index is -0.612.